The molecule has 7 heteroatoms. The molecule has 1 aromatic carbocycles. The zero-order chi connectivity index (χ0) is 19.0. The number of benzene rings is 1. The molecule has 1 fully saturated rings. The molecule has 142 valence electrons. The van der Waals surface area contributed by atoms with E-state index in [-0.39, 0.29) is 5.56 Å². The summed E-state index contributed by atoms with van der Waals surface area (Å²) in [6.45, 7) is 6.74. The Bertz CT molecular complexity index is 1010. The largest absolute Gasteiger partial charge is 0.497 e. The van der Waals surface area contributed by atoms with E-state index in [4.69, 9.17) is 4.74 Å². The van der Waals surface area contributed by atoms with Crippen LogP contribution in [-0.2, 0) is 13.6 Å². The normalized spacial score (nSPS) is 15.4. The maximum atomic E-state index is 11.8. The van der Waals surface area contributed by atoms with Crippen LogP contribution in [0.3, 0.4) is 0 Å². The van der Waals surface area contributed by atoms with E-state index in [0.717, 1.165) is 49.7 Å². The number of nitrogens with one attached hydrogen (secondary N) is 1. The first kappa shape index (κ1) is 17.6. The average molecular weight is 367 g/mol. The number of hydrogen-bond donors (Lipinski definition) is 1. The average Bonchev–Trinajstić information content (AvgIpc) is 2.99. The van der Waals surface area contributed by atoms with Gasteiger partial charge in [0.15, 0.2) is 0 Å². The van der Waals surface area contributed by atoms with Crippen molar-refractivity contribution < 1.29 is 4.74 Å². The van der Waals surface area contributed by atoms with Gasteiger partial charge < -0.3 is 14.6 Å². The van der Waals surface area contributed by atoms with Gasteiger partial charge in [-0.15, -0.1) is 0 Å². The lowest BCUT2D eigenvalue weighted by Crippen LogP contribution is -2.46. The maximum Gasteiger partial charge on any atom is 0.268 e. The molecule has 1 saturated heterocycles. The maximum absolute atomic E-state index is 11.8. The van der Waals surface area contributed by atoms with Crippen molar-refractivity contribution in [3.63, 3.8) is 0 Å². The molecule has 1 aliphatic rings. The molecule has 0 unspecified atom stereocenters. The Morgan fingerprint density at radius 3 is 2.67 bits per heavy atom. The van der Waals surface area contributed by atoms with Gasteiger partial charge in [-0.2, -0.15) is 5.10 Å². The minimum Gasteiger partial charge on any atom is -0.497 e. The van der Waals surface area contributed by atoms with Crippen LogP contribution >= 0.6 is 0 Å². The molecule has 1 aliphatic heterocycles. The number of nitrogens with zero attached hydrogens (tertiary/aromatic N) is 4. The molecule has 1 N–H and O–H groups in total. The Kier molecular flexibility index (Phi) is 4.61. The van der Waals surface area contributed by atoms with E-state index in [0.29, 0.717) is 0 Å². The van der Waals surface area contributed by atoms with Gasteiger partial charge in [0.05, 0.1) is 19.0 Å². The Labute approximate surface area is 158 Å². The van der Waals surface area contributed by atoms with Gasteiger partial charge in [0, 0.05) is 62.4 Å². The summed E-state index contributed by atoms with van der Waals surface area (Å²) < 4.78 is 6.70. The van der Waals surface area contributed by atoms with Crippen LogP contribution in [0.25, 0.3) is 10.9 Å². The molecule has 0 atom stereocenters. The lowest BCUT2D eigenvalue weighted by Gasteiger charge is -2.35. The summed E-state index contributed by atoms with van der Waals surface area (Å²) in [6, 6.07) is 7.81. The quantitative estimate of drug-likeness (QED) is 0.763. The van der Waals surface area contributed by atoms with Crippen LogP contribution in [0.2, 0.25) is 0 Å². The van der Waals surface area contributed by atoms with Crippen molar-refractivity contribution in [1.82, 2.24) is 19.7 Å². The molecule has 0 radical (unpaired) electrons. The van der Waals surface area contributed by atoms with E-state index in [1.165, 1.54) is 21.3 Å². The van der Waals surface area contributed by atoms with Crippen LogP contribution < -0.4 is 15.2 Å². The fourth-order valence-electron chi connectivity index (χ4n) is 3.67. The monoisotopic (exact) mass is 367 g/mol. The highest BCUT2D eigenvalue weighted by Crippen LogP contribution is 2.27. The highest BCUT2D eigenvalue weighted by Gasteiger charge is 2.20. The molecule has 7 nitrogen and oxygen atoms in total. The predicted octanol–water partition coefficient (Wildman–Crippen LogP) is 1.90. The van der Waals surface area contributed by atoms with Crippen LogP contribution in [0.1, 0.15) is 11.3 Å². The third kappa shape index (κ3) is 3.42. The van der Waals surface area contributed by atoms with Gasteiger partial charge in [0.25, 0.3) is 5.56 Å². The third-order valence-electron chi connectivity index (χ3n) is 5.44. The first-order valence-electron chi connectivity index (χ1n) is 9.21. The number of H-pyrrole nitrogens is 1. The summed E-state index contributed by atoms with van der Waals surface area (Å²) in [5.41, 5.74) is 4.52. The van der Waals surface area contributed by atoms with Crippen LogP contribution in [0.4, 0.5) is 5.69 Å². The number of aryl methyl sites for hydroxylation is 2. The van der Waals surface area contributed by atoms with Crippen LogP contribution in [-0.4, -0.2) is 53.0 Å². The second-order valence-corrected chi connectivity index (χ2v) is 7.08. The molecule has 3 aromatic rings. The first-order chi connectivity index (χ1) is 13.0. The van der Waals surface area contributed by atoms with Crippen LogP contribution in [0, 0.1) is 6.92 Å². The standard InChI is InChI=1S/C20H25N5O2/c1-14-17-11-16(27-3)4-5-18(17)22-19(14)13-24-6-8-25(9-7-24)15-10-20(26)23(2)21-12-15/h4-5,10-12,22H,6-9,13H2,1-3H3. The minimum absolute atomic E-state index is 0.0703. The number of methoxy groups -OCH3 is 1. The minimum atomic E-state index is -0.0703. The Morgan fingerprint density at radius 2 is 1.96 bits per heavy atom. The predicted molar refractivity (Wildman–Crippen MR) is 107 cm³/mol. The van der Waals surface area contributed by atoms with E-state index in [2.05, 4.69) is 38.9 Å². The number of ether oxygens (including phenoxy) is 1. The highest BCUT2D eigenvalue weighted by atomic mass is 16.5. The zero-order valence-corrected chi connectivity index (χ0v) is 16.0. The molecule has 27 heavy (non-hydrogen) atoms. The van der Waals surface area contributed by atoms with Crippen LogP contribution in [0.5, 0.6) is 5.75 Å². The zero-order valence-electron chi connectivity index (χ0n) is 16.0. The highest BCUT2D eigenvalue weighted by molar-refractivity contribution is 5.85. The van der Waals surface area contributed by atoms with Crippen molar-refractivity contribution in [2.45, 2.75) is 13.5 Å². The lowest BCUT2D eigenvalue weighted by atomic mass is 10.1. The summed E-state index contributed by atoms with van der Waals surface area (Å²) in [5.74, 6) is 0.882. The van der Waals surface area contributed by atoms with Gasteiger partial charge in [-0.3, -0.25) is 9.69 Å². The second-order valence-electron chi connectivity index (χ2n) is 7.08. The van der Waals surface area contributed by atoms with Crippen molar-refractivity contribution in [2.75, 3.05) is 38.2 Å². The van der Waals surface area contributed by atoms with Gasteiger partial charge in [0.1, 0.15) is 5.75 Å². The van der Waals surface area contributed by atoms with Crippen molar-refractivity contribution in [1.29, 1.82) is 0 Å². The van der Waals surface area contributed by atoms with E-state index in [1.807, 2.05) is 6.07 Å². The topological polar surface area (TPSA) is 66.4 Å². The fourth-order valence-corrected chi connectivity index (χ4v) is 3.67. The summed E-state index contributed by atoms with van der Waals surface area (Å²) >= 11 is 0. The van der Waals surface area contributed by atoms with Gasteiger partial charge in [0.2, 0.25) is 0 Å². The molecule has 3 heterocycles. The number of fused-ring (bicyclic) bond motifs is 1. The number of anilines is 1. The molecule has 0 aliphatic carbocycles. The molecule has 4 rings (SSSR count). The number of piperazine rings is 1. The lowest BCUT2D eigenvalue weighted by molar-refractivity contribution is 0.247. The fraction of sp³-hybridized carbons (Fsp3) is 0.400. The van der Waals surface area contributed by atoms with Crippen molar-refractivity contribution in [2.24, 2.45) is 7.05 Å². The van der Waals surface area contributed by atoms with Gasteiger partial charge in [-0.05, 0) is 30.7 Å². The number of aromatic amines is 1. The SMILES string of the molecule is COc1ccc2[nH]c(CN3CCN(c4cnn(C)c(=O)c4)CC3)c(C)c2c1. The van der Waals surface area contributed by atoms with Crippen LogP contribution in [0.15, 0.2) is 35.3 Å². The number of aromatic nitrogens is 3. The first-order valence-corrected chi connectivity index (χ1v) is 9.21. The molecular formula is C20H25N5O2. The molecular weight excluding hydrogens is 342 g/mol. The van der Waals surface area contributed by atoms with Crippen molar-refractivity contribution >= 4 is 16.6 Å². The van der Waals surface area contributed by atoms with E-state index >= 15 is 0 Å². The summed E-state index contributed by atoms with van der Waals surface area (Å²) in [6.07, 6.45) is 1.77. The summed E-state index contributed by atoms with van der Waals surface area (Å²) in [4.78, 5) is 20.0. The summed E-state index contributed by atoms with van der Waals surface area (Å²) in [7, 11) is 3.36. The molecule has 0 amide bonds. The summed E-state index contributed by atoms with van der Waals surface area (Å²) in [5, 5.41) is 5.34. The molecule has 0 bridgehead atoms. The van der Waals surface area contributed by atoms with E-state index < -0.39 is 0 Å². The smallest absolute Gasteiger partial charge is 0.268 e. The van der Waals surface area contributed by atoms with Gasteiger partial charge in [-0.25, -0.2) is 4.68 Å². The van der Waals surface area contributed by atoms with Gasteiger partial charge in [-0.1, -0.05) is 0 Å². The third-order valence-corrected chi connectivity index (χ3v) is 5.44. The Balaban J connectivity index is 1.44. The number of hydrogen-bond acceptors (Lipinski definition) is 5. The number of rotatable bonds is 4. The van der Waals surface area contributed by atoms with Crippen molar-refractivity contribution in [3.8, 4) is 5.75 Å². The Morgan fingerprint density at radius 1 is 1.19 bits per heavy atom. The van der Waals surface area contributed by atoms with Crippen molar-refractivity contribution in [3.05, 3.63) is 52.1 Å². The molecule has 0 spiro atoms. The second kappa shape index (κ2) is 7.08. The van der Waals surface area contributed by atoms with E-state index in [9.17, 15) is 4.79 Å². The Hall–Kier alpha value is -2.80. The molecule has 0 saturated carbocycles. The van der Waals surface area contributed by atoms with Gasteiger partial charge >= 0.3 is 0 Å². The molecule has 2 aromatic heterocycles. The van der Waals surface area contributed by atoms with E-state index in [1.54, 1.807) is 26.4 Å².